The van der Waals surface area contributed by atoms with Gasteiger partial charge in [0, 0.05) is 25.3 Å². The van der Waals surface area contributed by atoms with Gasteiger partial charge in [-0.2, -0.15) is 0 Å². The second-order valence-corrected chi connectivity index (χ2v) is 6.09. The van der Waals surface area contributed by atoms with Gasteiger partial charge in [-0.3, -0.25) is 4.79 Å². The van der Waals surface area contributed by atoms with Crippen molar-refractivity contribution in [2.45, 2.75) is 31.7 Å². The third kappa shape index (κ3) is 2.65. The maximum absolute atomic E-state index is 12.6. The van der Waals surface area contributed by atoms with Gasteiger partial charge in [0.25, 0.3) is 5.91 Å². The quantitative estimate of drug-likeness (QED) is 0.924. The zero-order valence-electron chi connectivity index (χ0n) is 11.0. The Labute approximate surface area is 118 Å². The number of carbonyl (C=O) groups excluding carboxylic acids is 1. The predicted molar refractivity (Wildman–Crippen MR) is 75.4 cm³/mol. The van der Waals surface area contributed by atoms with E-state index in [1.165, 1.54) is 0 Å². The molecule has 5 heteroatoms. The van der Waals surface area contributed by atoms with Crippen molar-refractivity contribution in [1.82, 2.24) is 9.47 Å². The van der Waals surface area contributed by atoms with Gasteiger partial charge in [-0.1, -0.05) is 11.6 Å². The van der Waals surface area contributed by atoms with Gasteiger partial charge in [-0.25, -0.2) is 0 Å². The molecule has 0 aromatic carbocycles. The van der Waals surface area contributed by atoms with Crippen molar-refractivity contribution in [2.75, 3.05) is 19.6 Å². The van der Waals surface area contributed by atoms with Gasteiger partial charge in [0.2, 0.25) is 0 Å². The van der Waals surface area contributed by atoms with E-state index in [1.54, 1.807) is 6.07 Å². The molecule has 104 valence electrons. The number of rotatable bonds is 3. The molecule has 1 amide bonds. The summed E-state index contributed by atoms with van der Waals surface area (Å²) in [6.07, 6.45) is 6.22. The molecular formula is C14H20ClN3O. The molecule has 1 aromatic rings. The van der Waals surface area contributed by atoms with Crippen LogP contribution in [0.15, 0.2) is 12.3 Å². The zero-order chi connectivity index (χ0) is 13.4. The molecule has 2 aliphatic rings. The van der Waals surface area contributed by atoms with E-state index in [4.69, 9.17) is 17.3 Å². The van der Waals surface area contributed by atoms with Gasteiger partial charge < -0.3 is 15.2 Å². The van der Waals surface area contributed by atoms with Crippen LogP contribution < -0.4 is 5.73 Å². The van der Waals surface area contributed by atoms with Gasteiger partial charge in [0.1, 0.15) is 5.69 Å². The summed E-state index contributed by atoms with van der Waals surface area (Å²) in [6.45, 7) is 2.36. The van der Waals surface area contributed by atoms with Gasteiger partial charge in [0.15, 0.2) is 0 Å². The number of nitrogens with two attached hydrogens (primary N) is 1. The van der Waals surface area contributed by atoms with Crippen LogP contribution in [0.1, 0.15) is 42.2 Å². The Hall–Kier alpha value is -1.00. The minimum atomic E-state index is 0.120. The number of carbonyl (C=O) groups is 1. The molecule has 0 spiro atoms. The van der Waals surface area contributed by atoms with Crippen LogP contribution in [0.3, 0.4) is 0 Å². The number of piperidine rings is 1. The molecule has 0 bridgehead atoms. The normalized spacial score (nSPS) is 20.8. The van der Waals surface area contributed by atoms with Crippen LogP contribution in [0.4, 0.5) is 0 Å². The first kappa shape index (κ1) is 13.0. The molecule has 2 N–H and O–H groups in total. The molecule has 0 unspecified atom stereocenters. The van der Waals surface area contributed by atoms with E-state index < -0.39 is 0 Å². The fourth-order valence-corrected chi connectivity index (χ4v) is 3.01. The van der Waals surface area contributed by atoms with E-state index in [0.717, 1.165) is 51.0 Å². The topological polar surface area (TPSA) is 51.3 Å². The summed E-state index contributed by atoms with van der Waals surface area (Å²) in [6, 6.07) is 2.28. The van der Waals surface area contributed by atoms with Crippen LogP contribution in [-0.2, 0) is 0 Å². The van der Waals surface area contributed by atoms with Crippen LogP contribution in [0.5, 0.6) is 0 Å². The van der Waals surface area contributed by atoms with Crippen LogP contribution in [0.25, 0.3) is 0 Å². The molecule has 3 rings (SSSR count). The highest BCUT2D eigenvalue weighted by Gasteiger charge is 2.30. The highest BCUT2D eigenvalue weighted by atomic mass is 35.5. The molecule has 2 fully saturated rings. The van der Waals surface area contributed by atoms with E-state index in [0.29, 0.717) is 17.0 Å². The maximum Gasteiger partial charge on any atom is 0.270 e. The van der Waals surface area contributed by atoms with Crippen molar-refractivity contribution in [3.8, 4) is 0 Å². The van der Waals surface area contributed by atoms with Crippen molar-refractivity contribution >= 4 is 17.5 Å². The van der Waals surface area contributed by atoms with Crippen molar-refractivity contribution in [3.63, 3.8) is 0 Å². The minimum Gasteiger partial charge on any atom is -0.339 e. The fourth-order valence-electron chi connectivity index (χ4n) is 2.81. The molecule has 2 heterocycles. The molecule has 0 atom stereocenters. The molecule has 1 saturated heterocycles. The monoisotopic (exact) mass is 281 g/mol. The van der Waals surface area contributed by atoms with Crippen molar-refractivity contribution in [3.05, 3.63) is 23.0 Å². The Bertz CT molecular complexity index is 473. The summed E-state index contributed by atoms with van der Waals surface area (Å²) in [5.41, 5.74) is 6.44. The molecule has 1 aliphatic carbocycles. The third-order valence-electron chi connectivity index (χ3n) is 4.21. The lowest BCUT2D eigenvalue weighted by atomic mass is 9.97. The van der Waals surface area contributed by atoms with Crippen molar-refractivity contribution < 1.29 is 4.79 Å². The summed E-state index contributed by atoms with van der Waals surface area (Å²) in [5, 5.41) is 0.659. The van der Waals surface area contributed by atoms with Gasteiger partial charge >= 0.3 is 0 Å². The first-order valence-electron chi connectivity index (χ1n) is 7.05. The highest BCUT2D eigenvalue weighted by Crippen LogP contribution is 2.37. The Balaban J connectivity index is 1.73. The Morgan fingerprint density at radius 3 is 2.58 bits per heavy atom. The number of aromatic nitrogens is 1. The number of halogens is 1. The fraction of sp³-hybridized carbons (Fsp3) is 0.643. The van der Waals surface area contributed by atoms with Crippen LogP contribution in [0.2, 0.25) is 5.02 Å². The van der Waals surface area contributed by atoms with Crippen molar-refractivity contribution in [2.24, 2.45) is 11.7 Å². The first-order valence-corrected chi connectivity index (χ1v) is 7.43. The number of hydrogen-bond donors (Lipinski definition) is 1. The largest absolute Gasteiger partial charge is 0.339 e. The molecule has 1 aromatic heterocycles. The van der Waals surface area contributed by atoms with E-state index >= 15 is 0 Å². The lowest BCUT2D eigenvalue weighted by Crippen LogP contribution is -2.40. The summed E-state index contributed by atoms with van der Waals surface area (Å²) in [4.78, 5) is 14.5. The third-order valence-corrected chi connectivity index (χ3v) is 4.42. The lowest BCUT2D eigenvalue weighted by molar-refractivity contribution is 0.0682. The highest BCUT2D eigenvalue weighted by molar-refractivity contribution is 6.31. The Morgan fingerprint density at radius 2 is 2.00 bits per heavy atom. The number of nitrogens with zero attached hydrogens (tertiary/aromatic N) is 2. The summed E-state index contributed by atoms with van der Waals surface area (Å²) >= 11 is 6.06. The Morgan fingerprint density at radius 1 is 1.32 bits per heavy atom. The molecule has 0 radical (unpaired) electrons. The SMILES string of the molecule is NCC1CCN(C(=O)c2cc(Cl)cn2C2CC2)CC1. The van der Waals surface area contributed by atoms with E-state index in [2.05, 4.69) is 4.57 Å². The number of hydrogen-bond acceptors (Lipinski definition) is 2. The Kier molecular flexibility index (Phi) is 3.54. The van der Waals surface area contributed by atoms with Crippen LogP contribution in [0, 0.1) is 5.92 Å². The van der Waals surface area contributed by atoms with E-state index in [9.17, 15) is 4.79 Å². The zero-order valence-corrected chi connectivity index (χ0v) is 11.8. The van der Waals surface area contributed by atoms with E-state index in [-0.39, 0.29) is 5.91 Å². The maximum atomic E-state index is 12.6. The molecular weight excluding hydrogens is 262 g/mol. The van der Waals surface area contributed by atoms with Crippen LogP contribution >= 0.6 is 11.6 Å². The van der Waals surface area contributed by atoms with Gasteiger partial charge in [-0.15, -0.1) is 0 Å². The minimum absolute atomic E-state index is 0.120. The summed E-state index contributed by atoms with van der Waals surface area (Å²) in [5.74, 6) is 0.692. The van der Waals surface area contributed by atoms with Crippen molar-refractivity contribution in [1.29, 1.82) is 0 Å². The molecule has 4 nitrogen and oxygen atoms in total. The average Bonchev–Trinajstić information content (AvgIpc) is 3.21. The van der Waals surface area contributed by atoms with Gasteiger partial charge in [0.05, 0.1) is 5.02 Å². The summed E-state index contributed by atoms with van der Waals surface area (Å²) in [7, 11) is 0. The first-order chi connectivity index (χ1) is 9.19. The summed E-state index contributed by atoms with van der Waals surface area (Å²) < 4.78 is 2.06. The lowest BCUT2D eigenvalue weighted by Gasteiger charge is -2.31. The molecule has 1 aliphatic heterocycles. The number of amides is 1. The average molecular weight is 282 g/mol. The second-order valence-electron chi connectivity index (χ2n) is 5.65. The molecule has 1 saturated carbocycles. The number of likely N-dealkylation sites (tertiary alicyclic amines) is 1. The van der Waals surface area contributed by atoms with Crippen LogP contribution in [-0.4, -0.2) is 35.0 Å². The van der Waals surface area contributed by atoms with E-state index in [1.807, 2.05) is 11.1 Å². The molecule has 19 heavy (non-hydrogen) atoms. The predicted octanol–water partition coefficient (Wildman–Crippen LogP) is 2.29. The standard InChI is InChI=1S/C14H20ClN3O/c15-11-7-13(18(9-11)12-1-2-12)14(19)17-5-3-10(8-16)4-6-17/h7,9-10,12H,1-6,8,16H2. The second kappa shape index (κ2) is 5.17. The smallest absolute Gasteiger partial charge is 0.270 e. The van der Waals surface area contributed by atoms with Gasteiger partial charge in [-0.05, 0) is 44.2 Å².